The number of hydrogen-bond donors (Lipinski definition) is 2. The van der Waals surface area contributed by atoms with E-state index in [0.29, 0.717) is 18.9 Å². The highest BCUT2D eigenvalue weighted by molar-refractivity contribution is 5.90. The van der Waals surface area contributed by atoms with Crippen molar-refractivity contribution in [3.05, 3.63) is 30.1 Å². The zero-order valence-electron chi connectivity index (χ0n) is 11.8. The molecule has 0 aromatic heterocycles. The molecule has 1 saturated heterocycles. The molecule has 4 nitrogen and oxygen atoms in total. The van der Waals surface area contributed by atoms with Gasteiger partial charge in [-0.25, -0.2) is 4.39 Å². The van der Waals surface area contributed by atoms with E-state index < -0.39 is 5.82 Å². The molecule has 2 unspecified atom stereocenters. The molecule has 1 aromatic rings. The number of rotatable bonds is 4. The van der Waals surface area contributed by atoms with Gasteiger partial charge in [0.05, 0.1) is 5.69 Å². The number of likely N-dealkylation sites (tertiary alicyclic amines) is 1. The number of nitrogens with zero attached hydrogens (tertiary/aromatic N) is 1. The quantitative estimate of drug-likeness (QED) is 0.884. The molecule has 2 atom stereocenters. The minimum absolute atomic E-state index is 0.165. The van der Waals surface area contributed by atoms with Crippen LogP contribution in [0.5, 0.6) is 0 Å². The van der Waals surface area contributed by atoms with Crippen LogP contribution in [0, 0.1) is 11.7 Å². The topological polar surface area (TPSA) is 58.4 Å². The lowest BCUT2D eigenvalue weighted by Crippen LogP contribution is -2.47. The minimum atomic E-state index is -0.408. The molecule has 2 rings (SSSR count). The summed E-state index contributed by atoms with van der Waals surface area (Å²) < 4.78 is 13.4. The van der Waals surface area contributed by atoms with E-state index in [1.807, 2.05) is 0 Å². The van der Waals surface area contributed by atoms with Crippen LogP contribution in [0.15, 0.2) is 24.3 Å². The predicted molar refractivity (Wildman–Crippen MR) is 77.8 cm³/mol. The third kappa shape index (κ3) is 4.28. The van der Waals surface area contributed by atoms with Gasteiger partial charge in [-0.15, -0.1) is 0 Å². The lowest BCUT2D eigenvalue weighted by Gasteiger charge is -2.34. The van der Waals surface area contributed by atoms with Crippen LogP contribution in [-0.4, -0.2) is 36.5 Å². The first-order valence-electron chi connectivity index (χ1n) is 7.07. The number of carbonyl (C=O) groups excluding carboxylic acids is 1. The highest BCUT2D eigenvalue weighted by atomic mass is 19.1. The molecule has 0 spiro atoms. The Morgan fingerprint density at radius 3 is 2.90 bits per heavy atom. The first kappa shape index (κ1) is 14.9. The van der Waals surface area contributed by atoms with Crippen molar-refractivity contribution in [1.82, 2.24) is 4.90 Å². The van der Waals surface area contributed by atoms with Crippen LogP contribution >= 0.6 is 0 Å². The zero-order chi connectivity index (χ0) is 14.5. The van der Waals surface area contributed by atoms with Gasteiger partial charge in [0.25, 0.3) is 0 Å². The summed E-state index contributed by atoms with van der Waals surface area (Å²) in [5.74, 6) is -0.00950. The fourth-order valence-corrected chi connectivity index (χ4v) is 2.73. The van der Waals surface area contributed by atoms with Crippen LogP contribution in [0.3, 0.4) is 0 Å². The maximum atomic E-state index is 13.4. The highest BCUT2D eigenvalue weighted by Gasteiger charge is 2.22. The smallest absolute Gasteiger partial charge is 0.225 e. The molecule has 20 heavy (non-hydrogen) atoms. The second-order valence-corrected chi connectivity index (χ2v) is 5.64. The van der Waals surface area contributed by atoms with Crippen molar-refractivity contribution < 1.29 is 9.18 Å². The molecule has 5 heteroatoms. The Morgan fingerprint density at radius 1 is 1.45 bits per heavy atom. The van der Waals surface area contributed by atoms with Crippen LogP contribution in [0.2, 0.25) is 0 Å². The van der Waals surface area contributed by atoms with Gasteiger partial charge in [-0.2, -0.15) is 0 Å². The molecule has 1 fully saturated rings. The molecular formula is C15H22FN3O. The molecule has 0 aliphatic carbocycles. The Balaban J connectivity index is 1.79. The fraction of sp³-hybridized carbons (Fsp3) is 0.533. The maximum Gasteiger partial charge on any atom is 0.225 e. The van der Waals surface area contributed by atoms with Crippen LogP contribution in [0.1, 0.15) is 19.8 Å². The van der Waals surface area contributed by atoms with E-state index in [-0.39, 0.29) is 17.6 Å². The monoisotopic (exact) mass is 279 g/mol. The summed E-state index contributed by atoms with van der Waals surface area (Å²) in [4.78, 5) is 14.0. The number of anilines is 1. The van der Waals surface area contributed by atoms with Crippen molar-refractivity contribution in [1.29, 1.82) is 0 Å². The summed E-state index contributed by atoms with van der Waals surface area (Å²) in [6, 6.07) is 6.38. The maximum absolute atomic E-state index is 13.4. The molecule has 3 N–H and O–H groups in total. The Hall–Kier alpha value is -1.46. The SMILES string of the molecule is CC1CC(N)CN(CCC(=O)Nc2ccccc2F)C1. The Kier molecular flexibility index (Phi) is 5.09. The van der Waals surface area contributed by atoms with Gasteiger partial charge in [0, 0.05) is 32.1 Å². The molecular weight excluding hydrogens is 257 g/mol. The van der Waals surface area contributed by atoms with Crippen LogP contribution in [0.4, 0.5) is 10.1 Å². The highest BCUT2D eigenvalue weighted by Crippen LogP contribution is 2.16. The van der Waals surface area contributed by atoms with Gasteiger partial charge in [-0.05, 0) is 24.5 Å². The summed E-state index contributed by atoms with van der Waals surface area (Å²) in [6.45, 7) is 4.64. The van der Waals surface area contributed by atoms with Crippen molar-refractivity contribution in [2.45, 2.75) is 25.8 Å². The number of nitrogens with two attached hydrogens (primary N) is 1. The van der Waals surface area contributed by atoms with E-state index in [9.17, 15) is 9.18 Å². The molecule has 0 radical (unpaired) electrons. The van der Waals surface area contributed by atoms with Crippen molar-refractivity contribution in [2.75, 3.05) is 25.0 Å². The number of piperidine rings is 1. The first-order chi connectivity index (χ1) is 9.54. The second kappa shape index (κ2) is 6.81. The average Bonchev–Trinajstić information content (AvgIpc) is 2.38. The van der Waals surface area contributed by atoms with Crippen LogP contribution in [0.25, 0.3) is 0 Å². The molecule has 110 valence electrons. The molecule has 0 bridgehead atoms. The average molecular weight is 279 g/mol. The molecule has 1 aliphatic rings. The van der Waals surface area contributed by atoms with Gasteiger partial charge in [-0.1, -0.05) is 19.1 Å². The minimum Gasteiger partial charge on any atom is -0.327 e. The Labute approximate surface area is 119 Å². The number of hydrogen-bond acceptors (Lipinski definition) is 3. The predicted octanol–water partition coefficient (Wildman–Crippen LogP) is 1.82. The van der Waals surface area contributed by atoms with Crippen molar-refractivity contribution in [3.63, 3.8) is 0 Å². The zero-order valence-corrected chi connectivity index (χ0v) is 11.8. The van der Waals surface area contributed by atoms with Gasteiger partial charge in [0.15, 0.2) is 0 Å². The number of nitrogens with one attached hydrogen (secondary N) is 1. The van der Waals surface area contributed by atoms with Crippen LogP contribution in [-0.2, 0) is 4.79 Å². The molecule has 1 aromatic carbocycles. The largest absolute Gasteiger partial charge is 0.327 e. The van der Waals surface area contributed by atoms with Gasteiger partial charge >= 0.3 is 0 Å². The van der Waals surface area contributed by atoms with Gasteiger partial charge in [0.1, 0.15) is 5.82 Å². The molecule has 1 heterocycles. The first-order valence-corrected chi connectivity index (χ1v) is 7.07. The summed E-state index contributed by atoms with van der Waals surface area (Å²) >= 11 is 0. The number of benzene rings is 1. The number of para-hydroxylation sites is 1. The van der Waals surface area contributed by atoms with Crippen LogP contribution < -0.4 is 11.1 Å². The van der Waals surface area contributed by atoms with E-state index in [0.717, 1.165) is 19.5 Å². The second-order valence-electron chi connectivity index (χ2n) is 5.64. The third-order valence-corrected chi connectivity index (χ3v) is 3.57. The Morgan fingerprint density at radius 2 is 2.20 bits per heavy atom. The summed E-state index contributed by atoms with van der Waals surface area (Å²) in [5.41, 5.74) is 6.21. The van der Waals surface area contributed by atoms with E-state index in [2.05, 4.69) is 17.1 Å². The van der Waals surface area contributed by atoms with E-state index >= 15 is 0 Å². The lowest BCUT2D eigenvalue weighted by molar-refractivity contribution is -0.116. The molecule has 1 aliphatic heterocycles. The molecule has 1 amide bonds. The number of amides is 1. The summed E-state index contributed by atoms with van der Waals surface area (Å²) in [5, 5.41) is 2.60. The van der Waals surface area contributed by atoms with Crippen molar-refractivity contribution in [3.8, 4) is 0 Å². The van der Waals surface area contributed by atoms with Gasteiger partial charge in [-0.3, -0.25) is 4.79 Å². The standard InChI is InChI=1S/C15H22FN3O/c1-11-8-12(17)10-19(9-11)7-6-15(20)18-14-5-3-2-4-13(14)16/h2-5,11-12H,6-10,17H2,1H3,(H,18,20). The van der Waals surface area contributed by atoms with E-state index in [1.54, 1.807) is 18.2 Å². The van der Waals surface area contributed by atoms with Gasteiger partial charge in [0.2, 0.25) is 5.91 Å². The third-order valence-electron chi connectivity index (χ3n) is 3.57. The van der Waals surface area contributed by atoms with Crippen molar-refractivity contribution in [2.24, 2.45) is 11.7 Å². The lowest BCUT2D eigenvalue weighted by atomic mass is 9.96. The molecule has 0 saturated carbocycles. The summed E-state index contributed by atoms with van der Waals surface area (Å²) in [6.07, 6.45) is 1.39. The van der Waals surface area contributed by atoms with E-state index in [1.165, 1.54) is 6.07 Å². The number of carbonyl (C=O) groups is 1. The Bertz CT molecular complexity index is 456. The van der Waals surface area contributed by atoms with Crippen molar-refractivity contribution >= 4 is 11.6 Å². The summed E-state index contributed by atoms with van der Waals surface area (Å²) in [7, 11) is 0. The normalized spacial score (nSPS) is 23.6. The van der Waals surface area contributed by atoms with E-state index in [4.69, 9.17) is 5.73 Å². The number of halogens is 1. The van der Waals surface area contributed by atoms with Gasteiger partial charge < -0.3 is 16.0 Å². The fourth-order valence-electron chi connectivity index (χ4n) is 2.73.